The summed E-state index contributed by atoms with van der Waals surface area (Å²) >= 11 is 0. The molecule has 0 amide bonds. The number of carbonyl (C=O) groups is 2. The van der Waals surface area contributed by atoms with Gasteiger partial charge in [0.1, 0.15) is 0 Å². The third kappa shape index (κ3) is 6.24. The molecule has 2 aromatic rings. The number of rotatable bonds is 5. The van der Waals surface area contributed by atoms with E-state index in [4.69, 9.17) is 9.84 Å². The van der Waals surface area contributed by atoms with Gasteiger partial charge < -0.3 is 9.84 Å². The van der Waals surface area contributed by atoms with Gasteiger partial charge in [-0.05, 0) is 43.5 Å². The smallest absolute Gasteiger partial charge is 0.339 e. The first kappa shape index (κ1) is 19.4. The lowest BCUT2D eigenvalue weighted by atomic mass is 10.1. The Labute approximate surface area is 143 Å². The zero-order valence-corrected chi connectivity index (χ0v) is 14.4. The third-order valence-electron chi connectivity index (χ3n) is 3.53. The topological polar surface area (TPSA) is 63.6 Å². The molecule has 0 spiro atoms. The largest absolute Gasteiger partial charge is 0.478 e. The number of hydrogen-bond acceptors (Lipinski definition) is 3. The molecule has 0 saturated heterocycles. The van der Waals surface area contributed by atoms with E-state index in [1.54, 1.807) is 12.1 Å². The van der Waals surface area contributed by atoms with Gasteiger partial charge in [-0.1, -0.05) is 49.7 Å². The second-order valence-corrected chi connectivity index (χ2v) is 5.42. The molecule has 0 heterocycles. The highest BCUT2D eigenvalue weighted by molar-refractivity contribution is 6.02. The van der Waals surface area contributed by atoms with E-state index in [0.717, 1.165) is 12.8 Å². The minimum absolute atomic E-state index is 0.0241. The molecule has 0 aromatic heterocycles. The Morgan fingerprint density at radius 2 is 1.42 bits per heavy atom. The van der Waals surface area contributed by atoms with Crippen LogP contribution in [0.25, 0.3) is 0 Å². The summed E-state index contributed by atoms with van der Waals surface area (Å²) < 4.78 is 4.96. The van der Waals surface area contributed by atoms with E-state index in [1.165, 1.54) is 23.3 Å². The van der Waals surface area contributed by atoms with Gasteiger partial charge in [0, 0.05) is 0 Å². The SMILES string of the molecule is CCCCOC(=O)c1ccccc1C(=O)O.Cc1ccccc1C. The number of benzene rings is 2. The highest BCUT2D eigenvalue weighted by Gasteiger charge is 2.16. The minimum Gasteiger partial charge on any atom is -0.478 e. The van der Waals surface area contributed by atoms with Crippen LogP contribution in [0.5, 0.6) is 0 Å². The third-order valence-corrected chi connectivity index (χ3v) is 3.53. The van der Waals surface area contributed by atoms with Crippen molar-refractivity contribution in [2.24, 2.45) is 0 Å². The van der Waals surface area contributed by atoms with Gasteiger partial charge in [0.05, 0.1) is 17.7 Å². The highest BCUT2D eigenvalue weighted by Crippen LogP contribution is 2.10. The molecule has 2 rings (SSSR count). The van der Waals surface area contributed by atoms with E-state index in [1.807, 2.05) is 6.92 Å². The fourth-order valence-electron chi connectivity index (χ4n) is 1.90. The van der Waals surface area contributed by atoms with Gasteiger partial charge in [0.15, 0.2) is 0 Å². The first-order valence-electron chi connectivity index (χ1n) is 7.99. The van der Waals surface area contributed by atoms with Crippen LogP contribution >= 0.6 is 0 Å². The summed E-state index contributed by atoms with van der Waals surface area (Å²) in [6.07, 6.45) is 1.70. The first-order chi connectivity index (χ1) is 11.5. The lowest BCUT2D eigenvalue weighted by molar-refractivity contribution is 0.0489. The van der Waals surface area contributed by atoms with Crippen LogP contribution in [-0.2, 0) is 4.74 Å². The number of aromatic carboxylic acids is 1. The van der Waals surface area contributed by atoms with Crippen LogP contribution in [0, 0.1) is 13.8 Å². The number of carboxylic acids is 1. The fraction of sp³-hybridized carbons (Fsp3) is 0.300. The molecule has 1 N–H and O–H groups in total. The quantitative estimate of drug-likeness (QED) is 0.641. The van der Waals surface area contributed by atoms with Gasteiger partial charge in [-0.3, -0.25) is 0 Å². The average Bonchev–Trinajstić information content (AvgIpc) is 2.58. The number of ether oxygens (including phenoxy) is 1. The first-order valence-corrected chi connectivity index (χ1v) is 7.99. The zero-order valence-electron chi connectivity index (χ0n) is 14.4. The molecule has 0 saturated carbocycles. The number of esters is 1. The van der Waals surface area contributed by atoms with E-state index in [2.05, 4.69) is 38.1 Å². The maximum absolute atomic E-state index is 11.6. The Balaban J connectivity index is 0.000000300. The molecule has 0 unspecified atom stereocenters. The van der Waals surface area contributed by atoms with E-state index in [-0.39, 0.29) is 11.1 Å². The molecule has 0 aliphatic heterocycles. The second-order valence-electron chi connectivity index (χ2n) is 5.42. The molecule has 0 bridgehead atoms. The molecule has 0 aliphatic rings. The highest BCUT2D eigenvalue weighted by atomic mass is 16.5. The van der Waals surface area contributed by atoms with Crippen molar-refractivity contribution >= 4 is 11.9 Å². The van der Waals surface area contributed by atoms with Crippen LogP contribution in [0.4, 0.5) is 0 Å². The van der Waals surface area contributed by atoms with Crippen molar-refractivity contribution in [2.45, 2.75) is 33.6 Å². The fourth-order valence-corrected chi connectivity index (χ4v) is 1.90. The second kappa shape index (κ2) is 10.2. The Kier molecular flexibility index (Phi) is 8.26. The molecule has 0 fully saturated rings. The predicted molar refractivity (Wildman–Crippen MR) is 94.5 cm³/mol. The maximum atomic E-state index is 11.6. The van der Waals surface area contributed by atoms with Gasteiger partial charge in [-0.15, -0.1) is 0 Å². The van der Waals surface area contributed by atoms with Gasteiger partial charge >= 0.3 is 11.9 Å². The molecular weight excluding hydrogens is 304 g/mol. The molecule has 128 valence electrons. The van der Waals surface area contributed by atoms with Gasteiger partial charge in [-0.2, -0.15) is 0 Å². The summed E-state index contributed by atoms with van der Waals surface area (Å²) in [4.78, 5) is 22.4. The number of hydrogen-bond donors (Lipinski definition) is 1. The lowest BCUT2D eigenvalue weighted by Crippen LogP contribution is -2.12. The van der Waals surface area contributed by atoms with Crippen LogP contribution in [0.15, 0.2) is 48.5 Å². The van der Waals surface area contributed by atoms with Crippen LogP contribution < -0.4 is 0 Å². The monoisotopic (exact) mass is 328 g/mol. The number of carboxylic acid groups (broad SMARTS) is 1. The van der Waals surface area contributed by atoms with Crippen molar-refractivity contribution in [2.75, 3.05) is 6.61 Å². The predicted octanol–water partition coefficient (Wildman–Crippen LogP) is 4.65. The molecule has 4 nitrogen and oxygen atoms in total. The van der Waals surface area contributed by atoms with Crippen LogP contribution in [0.3, 0.4) is 0 Å². The molecule has 2 aromatic carbocycles. The standard InChI is InChI=1S/C12H14O4.C8H10/c1-2-3-8-16-12(15)10-7-5-4-6-9(10)11(13)14;1-7-5-3-4-6-8(7)2/h4-7H,2-3,8H2,1H3,(H,13,14);3-6H,1-2H3. The van der Waals surface area contributed by atoms with Gasteiger partial charge in [-0.25, -0.2) is 9.59 Å². The summed E-state index contributed by atoms with van der Waals surface area (Å²) in [6, 6.07) is 14.4. The molecule has 24 heavy (non-hydrogen) atoms. The van der Waals surface area contributed by atoms with Crippen LogP contribution in [0.2, 0.25) is 0 Å². The minimum atomic E-state index is -1.12. The molecular formula is C20H24O4. The number of unbranched alkanes of at least 4 members (excludes halogenated alkanes) is 1. The van der Waals surface area contributed by atoms with E-state index >= 15 is 0 Å². The summed E-state index contributed by atoms with van der Waals surface area (Å²) in [5, 5.41) is 8.88. The van der Waals surface area contributed by atoms with Crippen molar-refractivity contribution in [1.29, 1.82) is 0 Å². The van der Waals surface area contributed by atoms with Gasteiger partial charge in [0.25, 0.3) is 0 Å². The van der Waals surface area contributed by atoms with E-state index < -0.39 is 11.9 Å². The van der Waals surface area contributed by atoms with E-state index in [9.17, 15) is 9.59 Å². The molecule has 0 atom stereocenters. The Hall–Kier alpha value is -2.62. The maximum Gasteiger partial charge on any atom is 0.339 e. The van der Waals surface area contributed by atoms with Crippen molar-refractivity contribution in [3.8, 4) is 0 Å². The Bertz CT molecular complexity index is 656. The Morgan fingerprint density at radius 3 is 1.88 bits per heavy atom. The van der Waals surface area contributed by atoms with Crippen LogP contribution in [0.1, 0.15) is 51.6 Å². The summed E-state index contributed by atoms with van der Waals surface area (Å²) in [5.74, 6) is -1.70. The van der Waals surface area contributed by atoms with Crippen molar-refractivity contribution in [3.05, 3.63) is 70.8 Å². The molecule has 0 aliphatic carbocycles. The van der Waals surface area contributed by atoms with E-state index in [0.29, 0.717) is 6.61 Å². The van der Waals surface area contributed by atoms with Crippen molar-refractivity contribution in [1.82, 2.24) is 0 Å². The average molecular weight is 328 g/mol. The van der Waals surface area contributed by atoms with Crippen molar-refractivity contribution in [3.63, 3.8) is 0 Å². The summed E-state index contributed by atoms with van der Waals surface area (Å²) in [5.41, 5.74) is 2.81. The number of aryl methyl sites for hydroxylation is 2. The molecule has 0 radical (unpaired) electrons. The summed E-state index contributed by atoms with van der Waals surface area (Å²) in [6.45, 7) is 6.55. The lowest BCUT2D eigenvalue weighted by Gasteiger charge is -2.06. The van der Waals surface area contributed by atoms with Crippen LogP contribution in [-0.4, -0.2) is 23.7 Å². The number of carbonyl (C=O) groups excluding carboxylic acids is 1. The normalized spacial score (nSPS) is 9.62. The zero-order chi connectivity index (χ0) is 17.9. The van der Waals surface area contributed by atoms with Gasteiger partial charge in [0.2, 0.25) is 0 Å². The summed E-state index contributed by atoms with van der Waals surface area (Å²) in [7, 11) is 0. The van der Waals surface area contributed by atoms with Crippen molar-refractivity contribution < 1.29 is 19.4 Å². The molecule has 4 heteroatoms. The Morgan fingerprint density at radius 1 is 0.917 bits per heavy atom.